The van der Waals surface area contributed by atoms with Crippen LogP contribution in [0.15, 0.2) is 24.3 Å². The number of ketones is 2. The van der Waals surface area contributed by atoms with Crippen LogP contribution in [0.2, 0.25) is 0 Å². The zero-order chi connectivity index (χ0) is 19.8. The van der Waals surface area contributed by atoms with Gasteiger partial charge in [-0.15, -0.1) is 0 Å². The number of piperidine rings is 1. The number of hydrogen-bond acceptors (Lipinski definition) is 3. The summed E-state index contributed by atoms with van der Waals surface area (Å²) >= 11 is 0. The summed E-state index contributed by atoms with van der Waals surface area (Å²) in [5.74, 6) is 0.268. The van der Waals surface area contributed by atoms with Crippen molar-refractivity contribution in [3.63, 3.8) is 0 Å². The Morgan fingerprint density at radius 3 is 2.41 bits per heavy atom. The molecular formula is C22H30N2O3. The minimum atomic E-state index is -0.486. The van der Waals surface area contributed by atoms with E-state index in [1.807, 2.05) is 45.9 Å². The first-order valence-corrected chi connectivity index (χ1v) is 9.89. The molecule has 0 bridgehead atoms. The van der Waals surface area contributed by atoms with E-state index in [0.29, 0.717) is 25.9 Å². The Bertz CT molecular complexity index is 755. The molecule has 1 saturated heterocycles. The van der Waals surface area contributed by atoms with Gasteiger partial charge in [0.1, 0.15) is 0 Å². The lowest BCUT2D eigenvalue weighted by molar-refractivity contribution is -0.122. The lowest BCUT2D eigenvalue weighted by Gasteiger charge is -2.40. The molecule has 27 heavy (non-hydrogen) atoms. The van der Waals surface area contributed by atoms with Crippen molar-refractivity contribution in [2.45, 2.75) is 64.8 Å². The van der Waals surface area contributed by atoms with Crippen LogP contribution in [-0.2, 0) is 10.2 Å². The third-order valence-corrected chi connectivity index (χ3v) is 6.11. The van der Waals surface area contributed by atoms with E-state index in [1.54, 1.807) is 4.90 Å². The van der Waals surface area contributed by atoms with Gasteiger partial charge in [0.2, 0.25) is 0 Å². The van der Waals surface area contributed by atoms with Gasteiger partial charge < -0.3 is 10.2 Å². The summed E-state index contributed by atoms with van der Waals surface area (Å²) in [6, 6.07) is 7.21. The average molecular weight is 370 g/mol. The van der Waals surface area contributed by atoms with Crippen molar-refractivity contribution in [1.82, 2.24) is 10.2 Å². The maximum Gasteiger partial charge on any atom is 0.317 e. The number of rotatable bonds is 3. The molecule has 1 N–H and O–H groups in total. The van der Waals surface area contributed by atoms with Crippen LogP contribution >= 0.6 is 0 Å². The summed E-state index contributed by atoms with van der Waals surface area (Å²) in [7, 11) is 0. The molecule has 5 nitrogen and oxygen atoms in total. The van der Waals surface area contributed by atoms with Crippen LogP contribution in [0, 0.1) is 5.41 Å². The van der Waals surface area contributed by atoms with E-state index in [4.69, 9.17) is 0 Å². The van der Waals surface area contributed by atoms with Gasteiger partial charge in [-0.25, -0.2) is 4.79 Å². The van der Waals surface area contributed by atoms with Crippen molar-refractivity contribution in [2.24, 2.45) is 5.41 Å². The maximum atomic E-state index is 12.8. The molecule has 3 rings (SSSR count). The van der Waals surface area contributed by atoms with Crippen molar-refractivity contribution >= 4 is 17.6 Å². The number of amides is 2. The summed E-state index contributed by atoms with van der Waals surface area (Å²) in [4.78, 5) is 39.2. The predicted molar refractivity (Wildman–Crippen MR) is 105 cm³/mol. The molecule has 0 saturated carbocycles. The van der Waals surface area contributed by atoms with Crippen molar-refractivity contribution in [3.05, 3.63) is 35.4 Å². The molecule has 0 radical (unpaired) electrons. The molecule has 2 amide bonds. The number of nitrogens with zero attached hydrogens (tertiary/aromatic N) is 1. The molecule has 2 aliphatic rings. The summed E-state index contributed by atoms with van der Waals surface area (Å²) < 4.78 is 0. The number of benzene rings is 1. The van der Waals surface area contributed by atoms with Crippen molar-refractivity contribution < 1.29 is 14.4 Å². The van der Waals surface area contributed by atoms with Gasteiger partial charge in [-0.2, -0.15) is 0 Å². The summed E-state index contributed by atoms with van der Waals surface area (Å²) in [6.07, 6.45) is 2.52. The Hall–Kier alpha value is -2.17. The van der Waals surface area contributed by atoms with Crippen LogP contribution in [-0.4, -0.2) is 41.6 Å². The third-order valence-electron chi connectivity index (χ3n) is 6.11. The van der Waals surface area contributed by atoms with Gasteiger partial charge in [0.15, 0.2) is 11.6 Å². The number of Topliss-reactive ketones (excluding diaryl/α,β-unsaturated/α-hetero) is 2. The smallest absolute Gasteiger partial charge is 0.317 e. The first kappa shape index (κ1) is 19.6. The molecule has 146 valence electrons. The Labute approximate surface area is 161 Å². The number of fused-ring (bicyclic) bond motifs is 2. The van der Waals surface area contributed by atoms with Gasteiger partial charge in [0.05, 0.1) is 6.04 Å². The molecule has 1 atom stereocenters. The highest BCUT2D eigenvalue weighted by atomic mass is 16.2. The van der Waals surface area contributed by atoms with Gasteiger partial charge in [-0.1, -0.05) is 52.0 Å². The summed E-state index contributed by atoms with van der Waals surface area (Å²) in [5.41, 5.74) is 1.53. The molecular weight excluding hydrogens is 340 g/mol. The Morgan fingerprint density at radius 2 is 1.81 bits per heavy atom. The highest BCUT2D eigenvalue weighted by Crippen LogP contribution is 2.46. The quantitative estimate of drug-likeness (QED) is 0.882. The number of urea groups is 1. The normalized spacial score (nSPS) is 19.7. The first-order chi connectivity index (χ1) is 12.7. The maximum absolute atomic E-state index is 12.8. The van der Waals surface area contributed by atoms with Crippen LogP contribution in [0.3, 0.4) is 0 Å². The molecule has 1 fully saturated rings. The highest BCUT2D eigenvalue weighted by molar-refractivity contribution is 6.02. The molecule has 1 aliphatic heterocycles. The second kappa shape index (κ2) is 7.10. The fraction of sp³-hybridized carbons (Fsp3) is 0.591. The number of carbonyl (C=O) groups is 3. The Morgan fingerprint density at radius 1 is 1.19 bits per heavy atom. The minimum absolute atomic E-state index is 0.0552. The van der Waals surface area contributed by atoms with E-state index >= 15 is 0 Å². The standard InChI is InChI=1S/C22H30N2O3/c1-5-17(25)19(21(2,3)4)23-20(27)24-12-10-22(11-13-24)14-18(26)15-8-6-7-9-16(15)22/h6-9,19H,5,10-14H2,1-4H3,(H,23,27). The van der Waals surface area contributed by atoms with E-state index in [2.05, 4.69) is 11.4 Å². The first-order valence-electron chi connectivity index (χ1n) is 9.89. The van der Waals surface area contributed by atoms with Crippen LogP contribution < -0.4 is 5.32 Å². The predicted octanol–water partition coefficient (Wildman–Crippen LogP) is 3.71. The van der Waals surface area contributed by atoms with Crippen LogP contribution in [0.25, 0.3) is 0 Å². The largest absolute Gasteiger partial charge is 0.328 e. The average Bonchev–Trinajstić information content (AvgIpc) is 2.91. The fourth-order valence-electron chi connectivity index (χ4n) is 4.47. The van der Waals surface area contributed by atoms with Gasteiger partial charge in [0.25, 0.3) is 0 Å². The van der Waals surface area contributed by atoms with E-state index in [-0.39, 0.29) is 28.4 Å². The van der Waals surface area contributed by atoms with Gasteiger partial charge >= 0.3 is 6.03 Å². The second-order valence-electron chi connectivity index (χ2n) is 8.98. The van der Waals surface area contributed by atoms with Crippen molar-refractivity contribution in [2.75, 3.05) is 13.1 Å². The van der Waals surface area contributed by atoms with E-state index in [0.717, 1.165) is 24.0 Å². The monoisotopic (exact) mass is 370 g/mol. The lowest BCUT2D eigenvalue weighted by Crippen LogP contribution is -2.55. The summed E-state index contributed by atoms with van der Waals surface area (Å²) in [6.45, 7) is 8.94. The van der Waals surface area contributed by atoms with Gasteiger partial charge in [0, 0.05) is 36.9 Å². The topological polar surface area (TPSA) is 66.5 Å². The fourth-order valence-corrected chi connectivity index (χ4v) is 4.47. The van der Waals surface area contributed by atoms with Gasteiger partial charge in [-0.05, 0) is 23.8 Å². The lowest BCUT2D eigenvalue weighted by atomic mass is 9.74. The molecule has 1 heterocycles. The van der Waals surface area contributed by atoms with Gasteiger partial charge in [-0.3, -0.25) is 9.59 Å². The SMILES string of the molecule is CCC(=O)C(NC(=O)N1CCC2(CC1)CC(=O)c1ccccc12)C(C)(C)C. The van der Waals surface area contributed by atoms with E-state index in [1.165, 1.54) is 0 Å². The second-order valence-corrected chi connectivity index (χ2v) is 8.98. The van der Waals surface area contributed by atoms with E-state index in [9.17, 15) is 14.4 Å². The van der Waals surface area contributed by atoms with Crippen LogP contribution in [0.1, 0.15) is 69.3 Å². The van der Waals surface area contributed by atoms with Crippen LogP contribution in [0.4, 0.5) is 4.79 Å². The molecule has 1 aromatic carbocycles. The molecule has 0 aromatic heterocycles. The van der Waals surface area contributed by atoms with E-state index < -0.39 is 6.04 Å². The third kappa shape index (κ3) is 3.64. The highest BCUT2D eigenvalue weighted by Gasteiger charge is 2.45. The number of nitrogens with one attached hydrogen (secondary N) is 1. The number of carbonyl (C=O) groups excluding carboxylic acids is 3. The zero-order valence-corrected chi connectivity index (χ0v) is 16.8. The van der Waals surface area contributed by atoms with Crippen molar-refractivity contribution in [1.29, 1.82) is 0 Å². The number of likely N-dealkylation sites (tertiary alicyclic amines) is 1. The Balaban J connectivity index is 1.68. The van der Waals surface area contributed by atoms with Crippen LogP contribution in [0.5, 0.6) is 0 Å². The van der Waals surface area contributed by atoms with Crippen molar-refractivity contribution in [3.8, 4) is 0 Å². The molecule has 1 aromatic rings. The molecule has 1 aliphatic carbocycles. The summed E-state index contributed by atoms with van der Waals surface area (Å²) in [5, 5.41) is 2.95. The minimum Gasteiger partial charge on any atom is -0.328 e. The molecule has 1 spiro atoms. The molecule has 5 heteroatoms. The zero-order valence-electron chi connectivity index (χ0n) is 16.8. The Kier molecular flexibility index (Phi) is 5.15. The number of hydrogen-bond donors (Lipinski definition) is 1. The molecule has 1 unspecified atom stereocenters.